The van der Waals surface area contributed by atoms with E-state index in [4.69, 9.17) is 5.11 Å². The van der Waals surface area contributed by atoms with Crippen molar-refractivity contribution in [1.29, 1.82) is 0 Å². The van der Waals surface area contributed by atoms with Crippen LogP contribution in [0.3, 0.4) is 0 Å². The summed E-state index contributed by atoms with van der Waals surface area (Å²) in [6.07, 6.45) is -0.288. The lowest BCUT2D eigenvalue weighted by Crippen LogP contribution is -2.12. The van der Waals surface area contributed by atoms with E-state index >= 15 is 0 Å². The largest absolute Gasteiger partial charge is 0.507 e. The van der Waals surface area contributed by atoms with Crippen molar-refractivity contribution in [2.24, 2.45) is 0 Å². The normalized spacial score (nSPS) is 10.1. The van der Waals surface area contributed by atoms with Crippen molar-refractivity contribution in [2.45, 2.75) is 12.8 Å². The summed E-state index contributed by atoms with van der Waals surface area (Å²) in [4.78, 5) is 34.2. The summed E-state index contributed by atoms with van der Waals surface area (Å²) in [5.41, 5.74) is 0.994. The molecule has 0 bridgehead atoms. The van der Waals surface area contributed by atoms with E-state index in [2.05, 4.69) is 5.32 Å². The first-order valence-electron chi connectivity index (χ1n) is 6.92. The molecule has 6 heteroatoms. The maximum absolute atomic E-state index is 12.0. The molecule has 0 fully saturated rings. The summed E-state index contributed by atoms with van der Waals surface area (Å²) in [5.74, 6) is -1.88. The molecule has 1 amide bonds. The molecule has 6 nitrogen and oxygen atoms in total. The lowest BCUT2D eigenvalue weighted by molar-refractivity contribution is -0.136. The zero-order chi connectivity index (χ0) is 16.8. The van der Waals surface area contributed by atoms with E-state index in [9.17, 15) is 19.5 Å². The van der Waals surface area contributed by atoms with Gasteiger partial charge in [-0.2, -0.15) is 0 Å². The molecule has 23 heavy (non-hydrogen) atoms. The molecular formula is C17H15NO5. The van der Waals surface area contributed by atoms with E-state index in [-0.39, 0.29) is 29.9 Å². The van der Waals surface area contributed by atoms with Gasteiger partial charge in [0.25, 0.3) is 5.91 Å². The number of aromatic hydroxyl groups is 1. The van der Waals surface area contributed by atoms with Crippen molar-refractivity contribution in [3.05, 3.63) is 59.7 Å². The molecule has 0 aliphatic heterocycles. The Bertz CT molecular complexity index is 737. The molecule has 3 N–H and O–H groups in total. The number of carbonyl (C=O) groups is 3. The number of carboxylic acids is 1. The predicted octanol–water partition coefficient (Wildman–Crippen LogP) is 2.69. The molecule has 2 aromatic carbocycles. The van der Waals surface area contributed by atoms with Gasteiger partial charge < -0.3 is 15.5 Å². The average molecular weight is 313 g/mol. The number of hydrogen-bond acceptors (Lipinski definition) is 4. The standard InChI is InChI=1S/C17H15NO5/c19-14(9-10-16(21)22)11-5-7-12(8-6-11)18-17(23)13-3-1-2-4-15(13)20/h1-8,20H,9-10H2,(H,18,23)(H,21,22). The van der Waals surface area contributed by atoms with Crippen molar-refractivity contribution in [3.63, 3.8) is 0 Å². The summed E-state index contributed by atoms with van der Waals surface area (Å²) >= 11 is 0. The number of phenols is 1. The average Bonchev–Trinajstić information content (AvgIpc) is 2.53. The second-order valence-corrected chi connectivity index (χ2v) is 4.87. The number of rotatable bonds is 6. The topological polar surface area (TPSA) is 104 Å². The molecule has 0 radical (unpaired) electrons. The monoisotopic (exact) mass is 313 g/mol. The molecule has 0 unspecified atom stereocenters. The molecular weight excluding hydrogens is 298 g/mol. The number of aliphatic carboxylic acids is 1. The van der Waals surface area contributed by atoms with E-state index < -0.39 is 11.9 Å². The van der Waals surface area contributed by atoms with E-state index in [1.165, 1.54) is 24.3 Å². The maximum Gasteiger partial charge on any atom is 0.303 e. The minimum absolute atomic E-state index is 0.0705. The van der Waals surface area contributed by atoms with Crippen LogP contribution in [-0.2, 0) is 4.79 Å². The Labute approximate surface area is 132 Å². The fourth-order valence-electron chi connectivity index (χ4n) is 1.97. The van der Waals surface area contributed by atoms with Gasteiger partial charge in [0, 0.05) is 17.7 Å². The van der Waals surface area contributed by atoms with Gasteiger partial charge in [-0.15, -0.1) is 0 Å². The van der Waals surface area contributed by atoms with Crippen molar-refractivity contribution in [2.75, 3.05) is 5.32 Å². The highest BCUT2D eigenvalue weighted by Crippen LogP contribution is 2.18. The van der Waals surface area contributed by atoms with Gasteiger partial charge in [0.1, 0.15) is 5.75 Å². The van der Waals surface area contributed by atoms with Crippen molar-refractivity contribution < 1.29 is 24.6 Å². The van der Waals surface area contributed by atoms with E-state index in [0.717, 1.165) is 0 Å². The van der Waals surface area contributed by atoms with Crippen molar-refractivity contribution in [3.8, 4) is 5.75 Å². The molecule has 0 heterocycles. The van der Waals surface area contributed by atoms with Crippen LogP contribution in [0.1, 0.15) is 33.6 Å². The number of carbonyl (C=O) groups excluding carboxylic acids is 2. The Morgan fingerprint density at radius 1 is 0.913 bits per heavy atom. The van der Waals surface area contributed by atoms with Crippen molar-refractivity contribution >= 4 is 23.3 Å². The van der Waals surface area contributed by atoms with Crippen molar-refractivity contribution in [1.82, 2.24) is 0 Å². The first kappa shape index (κ1) is 16.2. The first-order chi connectivity index (χ1) is 11.0. The third-order valence-corrected chi connectivity index (χ3v) is 3.18. The fourth-order valence-corrected chi connectivity index (χ4v) is 1.97. The van der Waals surface area contributed by atoms with E-state index in [0.29, 0.717) is 11.3 Å². The summed E-state index contributed by atoms with van der Waals surface area (Å²) in [6.45, 7) is 0. The number of ketones is 1. The first-order valence-corrected chi connectivity index (χ1v) is 6.92. The highest BCUT2D eigenvalue weighted by molar-refractivity contribution is 6.06. The van der Waals surface area contributed by atoms with E-state index in [1.54, 1.807) is 24.3 Å². The van der Waals surface area contributed by atoms with Crippen LogP contribution in [0, 0.1) is 0 Å². The molecule has 2 rings (SSSR count). The summed E-state index contributed by atoms with van der Waals surface area (Å²) in [7, 11) is 0. The number of nitrogens with one attached hydrogen (secondary N) is 1. The highest BCUT2D eigenvalue weighted by Gasteiger charge is 2.12. The number of para-hydroxylation sites is 1. The Morgan fingerprint density at radius 3 is 2.17 bits per heavy atom. The summed E-state index contributed by atoms with van der Waals surface area (Å²) in [6, 6.07) is 12.3. The van der Waals surface area contributed by atoms with Crippen LogP contribution in [-0.4, -0.2) is 27.9 Å². The predicted molar refractivity (Wildman–Crippen MR) is 83.7 cm³/mol. The van der Waals surface area contributed by atoms with E-state index in [1.807, 2.05) is 0 Å². The summed E-state index contributed by atoms with van der Waals surface area (Å²) in [5, 5.41) is 20.8. The second-order valence-electron chi connectivity index (χ2n) is 4.87. The molecule has 0 aliphatic carbocycles. The van der Waals surface area contributed by atoms with Gasteiger partial charge in [-0.3, -0.25) is 14.4 Å². The van der Waals surface area contributed by atoms with Gasteiger partial charge in [-0.1, -0.05) is 12.1 Å². The Kier molecular flexibility index (Phi) is 5.09. The number of carboxylic acid groups (broad SMARTS) is 1. The maximum atomic E-state index is 12.0. The zero-order valence-corrected chi connectivity index (χ0v) is 12.2. The van der Waals surface area contributed by atoms with Crippen LogP contribution in [0.15, 0.2) is 48.5 Å². The molecule has 0 saturated carbocycles. The Balaban J connectivity index is 2.03. The quantitative estimate of drug-likeness (QED) is 0.711. The van der Waals surface area contributed by atoms with Crippen LogP contribution in [0.25, 0.3) is 0 Å². The minimum atomic E-state index is -1.02. The molecule has 0 aliphatic rings. The molecule has 0 aromatic heterocycles. The van der Waals surface area contributed by atoms with Crippen LogP contribution in [0.2, 0.25) is 0 Å². The summed E-state index contributed by atoms with van der Waals surface area (Å²) < 4.78 is 0. The number of hydrogen-bond donors (Lipinski definition) is 3. The Hall–Kier alpha value is -3.15. The minimum Gasteiger partial charge on any atom is -0.507 e. The number of Topliss-reactive ketones (excluding diaryl/α,β-unsaturated/α-hetero) is 1. The van der Waals surface area contributed by atoms with Crippen LogP contribution in [0.5, 0.6) is 5.75 Å². The SMILES string of the molecule is O=C(O)CCC(=O)c1ccc(NC(=O)c2ccccc2O)cc1. The number of amides is 1. The van der Waals surface area contributed by atoms with Crippen LogP contribution >= 0.6 is 0 Å². The second kappa shape index (κ2) is 7.22. The zero-order valence-electron chi connectivity index (χ0n) is 12.2. The molecule has 2 aromatic rings. The lowest BCUT2D eigenvalue weighted by Gasteiger charge is -2.07. The molecule has 0 spiro atoms. The number of phenolic OH excluding ortho intramolecular Hbond substituents is 1. The van der Waals surface area contributed by atoms with Gasteiger partial charge in [0.15, 0.2) is 5.78 Å². The van der Waals surface area contributed by atoms with Gasteiger partial charge in [0.2, 0.25) is 0 Å². The van der Waals surface area contributed by atoms with Gasteiger partial charge in [-0.05, 0) is 36.4 Å². The molecule has 118 valence electrons. The van der Waals surface area contributed by atoms with Gasteiger partial charge >= 0.3 is 5.97 Å². The molecule has 0 saturated heterocycles. The van der Waals surface area contributed by atoms with Gasteiger partial charge in [-0.25, -0.2) is 0 Å². The van der Waals surface area contributed by atoms with Crippen LogP contribution in [0.4, 0.5) is 5.69 Å². The fraction of sp³-hybridized carbons (Fsp3) is 0.118. The van der Waals surface area contributed by atoms with Gasteiger partial charge in [0.05, 0.1) is 12.0 Å². The highest BCUT2D eigenvalue weighted by atomic mass is 16.4. The number of anilines is 1. The Morgan fingerprint density at radius 2 is 1.57 bits per heavy atom. The lowest BCUT2D eigenvalue weighted by atomic mass is 10.1. The molecule has 0 atom stereocenters. The third-order valence-electron chi connectivity index (χ3n) is 3.18. The smallest absolute Gasteiger partial charge is 0.303 e. The third kappa shape index (κ3) is 4.41. The van der Waals surface area contributed by atoms with Crippen LogP contribution < -0.4 is 5.32 Å². The number of benzene rings is 2.